The summed E-state index contributed by atoms with van der Waals surface area (Å²) in [6.45, 7) is 0.510. The van der Waals surface area contributed by atoms with Crippen LogP contribution < -0.4 is 10.0 Å². The molecule has 0 unspecified atom stereocenters. The van der Waals surface area contributed by atoms with Crippen LogP contribution in [0.15, 0.2) is 95.9 Å². The zero-order chi connectivity index (χ0) is 28.3. The Hall–Kier alpha value is -3.44. The molecule has 11 heteroatoms. The van der Waals surface area contributed by atoms with Gasteiger partial charge in [-0.2, -0.15) is 0 Å². The first-order valence-corrected chi connectivity index (χ1v) is 16.2. The van der Waals surface area contributed by atoms with Crippen LogP contribution in [0.4, 0.5) is 11.4 Å². The van der Waals surface area contributed by atoms with Gasteiger partial charge in [-0.05, 0) is 66.3 Å². The van der Waals surface area contributed by atoms with Gasteiger partial charge in [-0.1, -0.05) is 60.1 Å². The molecule has 4 aromatic rings. The minimum absolute atomic E-state index is 0.0673. The molecule has 1 aliphatic heterocycles. The van der Waals surface area contributed by atoms with Gasteiger partial charge in [-0.3, -0.25) is 9.52 Å². The number of nitrogens with one attached hydrogen (secondary N) is 2. The molecule has 5 rings (SSSR count). The lowest BCUT2D eigenvalue weighted by atomic mass is 9.97. The van der Waals surface area contributed by atoms with Crippen molar-refractivity contribution in [1.29, 1.82) is 0 Å². The molecule has 1 aliphatic rings. The largest absolute Gasteiger partial charge is 0.326 e. The van der Waals surface area contributed by atoms with Gasteiger partial charge < -0.3 is 5.32 Å². The number of benzene rings is 4. The van der Waals surface area contributed by atoms with E-state index in [4.69, 9.17) is 11.6 Å². The lowest BCUT2D eigenvalue weighted by molar-refractivity contribution is -0.120. The molecule has 0 spiro atoms. The van der Waals surface area contributed by atoms with Gasteiger partial charge in [0.2, 0.25) is 15.9 Å². The zero-order valence-electron chi connectivity index (χ0n) is 21.5. The van der Waals surface area contributed by atoms with Gasteiger partial charge in [0.25, 0.3) is 10.0 Å². The number of anilines is 2. The minimum Gasteiger partial charge on any atom is -0.326 e. The van der Waals surface area contributed by atoms with Crippen LogP contribution in [-0.2, 0) is 30.6 Å². The molecule has 4 aromatic carbocycles. The van der Waals surface area contributed by atoms with Gasteiger partial charge in [-0.25, -0.2) is 21.1 Å². The van der Waals surface area contributed by atoms with E-state index in [-0.39, 0.29) is 35.6 Å². The second-order valence-corrected chi connectivity index (χ2v) is 13.8. The number of hydrogen-bond donors (Lipinski definition) is 2. The fourth-order valence-corrected chi connectivity index (χ4v) is 7.53. The summed E-state index contributed by atoms with van der Waals surface area (Å²) in [7, 11) is -7.36. The quantitative estimate of drug-likeness (QED) is 0.279. The van der Waals surface area contributed by atoms with Crippen LogP contribution in [0.1, 0.15) is 18.4 Å². The molecule has 0 aromatic heterocycles. The molecule has 1 saturated heterocycles. The predicted octanol–water partition coefficient (Wildman–Crippen LogP) is 5.47. The number of rotatable bonds is 8. The Morgan fingerprint density at radius 3 is 2.17 bits per heavy atom. The van der Waals surface area contributed by atoms with Crippen LogP contribution in [0.5, 0.6) is 0 Å². The number of piperidine rings is 1. The maximum Gasteiger partial charge on any atom is 0.261 e. The smallest absolute Gasteiger partial charge is 0.261 e. The Bertz CT molecular complexity index is 1730. The van der Waals surface area contributed by atoms with E-state index in [0.717, 1.165) is 10.8 Å². The molecule has 0 radical (unpaired) electrons. The molecule has 2 N–H and O–H groups in total. The Balaban J connectivity index is 1.17. The maximum atomic E-state index is 13.0. The highest BCUT2D eigenvalue weighted by molar-refractivity contribution is 7.92. The van der Waals surface area contributed by atoms with Crippen LogP contribution >= 0.6 is 11.6 Å². The highest BCUT2D eigenvalue weighted by Crippen LogP contribution is 2.27. The van der Waals surface area contributed by atoms with E-state index >= 15 is 0 Å². The van der Waals surface area contributed by atoms with Crippen LogP contribution in [0, 0.1) is 5.92 Å². The van der Waals surface area contributed by atoms with Crippen LogP contribution in [0.2, 0.25) is 5.02 Å². The van der Waals surface area contributed by atoms with Crippen molar-refractivity contribution < 1.29 is 21.6 Å². The molecule has 0 atom stereocenters. The lowest BCUT2D eigenvalue weighted by Crippen LogP contribution is -2.41. The third kappa shape index (κ3) is 6.47. The predicted molar refractivity (Wildman–Crippen MR) is 158 cm³/mol. The summed E-state index contributed by atoms with van der Waals surface area (Å²) in [5.41, 5.74) is 1.60. The highest BCUT2D eigenvalue weighted by atomic mass is 35.5. The minimum atomic E-state index is -3.85. The number of fused-ring (bicyclic) bond motifs is 1. The van der Waals surface area contributed by atoms with E-state index in [1.165, 1.54) is 16.4 Å². The number of nitrogens with zero attached hydrogens (tertiary/aromatic N) is 1. The van der Waals surface area contributed by atoms with Gasteiger partial charge in [-0.15, -0.1) is 0 Å². The highest BCUT2D eigenvalue weighted by Gasteiger charge is 2.31. The molecule has 0 saturated carbocycles. The molecule has 0 aliphatic carbocycles. The molecule has 1 fully saturated rings. The molecule has 40 heavy (non-hydrogen) atoms. The fourth-order valence-electron chi connectivity index (χ4n) is 4.76. The normalized spacial score (nSPS) is 15.1. The van der Waals surface area contributed by atoms with Crippen molar-refractivity contribution >= 4 is 59.7 Å². The Labute approximate surface area is 239 Å². The fraction of sp³-hybridized carbons (Fsp3) is 0.207. The molecular weight excluding hydrogens is 570 g/mol. The van der Waals surface area contributed by atoms with Crippen molar-refractivity contribution in [1.82, 2.24) is 4.31 Å². The first-order chi connectivity index (χ1) is 19.1. The summed E-state index contributed by atoms with van der Waals surface area (Å²) in [5, 5.41) is 5.09. The Morgan fingerprint density at radius 1 is 0.825 bits per heavy atom. The number of carbonyl (C=O) groups is 1. The maximum absolute atomic E-state index is 13.0. The van der Waals surface area contributed by atoms with Crippen molar-refractivity contribution in [2.75, 3.05) is 23.1 Å². The summed E-state index contributed by atoms with van der Waals surface area (Å²) in [5.74, 6) is -0.691. The standard InChI is InChI=1S/C29H28ClN3O5S2/c30-24-10-8-21(9-11-24)20-39(35,36)33-18-16-23(17-19-33)29(34)31-25-12-14-26(15-13-25)40(37,38)32-28-7-3-5-22-4-1-2-6-27(22)28/h1-15,23,32H,16-20H2,(H,31,34). The Kier molecular flexibility index (Phi) is 8.14. The SMILES string of the molecule is O=C(Nc1ccc(S(=O)(=O)Nc2cccc3ccccc23)cc1)C1CCN(S(=O)(=O)Cc2ccc(Cl)cc2)CC1. The molecule has 8 nitrogen and oxygen atoms in total. The summed E-state index contributed by atoms with van der Waals surface area (Å²) in [6, 6.07) is 25.6. The van der Waals surface area contributed by atoms with Crippen LogP contribution in [0.25, 0.3) is 10.8 Å². The average Bonchev–Trinajstić information content (AvgIpc) is 2.94. The third-order valence-electron chi connectivity index (χ3n) is 6.95. The average molecular weight is 598 g/mol. The summed E-state index contributed by atoms with van der Waals surface area (Å²) in [4.78, 5) is 12.9. The van der Waals surface area contributed by atoms with Crippen LogP contribution in [-0.4, -0.2) is 40.1 Å². The summed E-state index contributed by atoms with van der Waals surface area (Å²) in [6.07, 6.45) is 0.792. The second kappa shape index (κ2) is 11.6. The number of sulfonamides is 2. The van der Waals surface area contributed by atoms with Crippen molar-refractivity contribution in [3.8, 4) is 0 Å². The number of amides is 1. The van der Waals surface area contributed by atoms with Gasteiger partial charge in [0.1, 0.15) is 0 Å². The molecule has 208 valence electrons. The number of hydrogen-bond acceptors (Lipinski definition) is 5. The van der Waals surface area contributed by atoms with E-state index in [1.807, 2.05) is 30.3 Å². The summed E-state index contributed by atoms with van der Waals surface area (Å²) < 4.78 is 55.8. The van der Waals surface area contributed by atoms with Crippen molar-refractivity contribution in [2.45, 2.75) is 23.5 Å². The first-order valence-electron chi connectivity index (χ1n) is 12.7. The number of carbonyl (C=O) groups excluding carboxylic acids is 1. The van der Waals surface area contributed by atoms with Crippen molar-refractivity contribution in [3.63, 3.8) is 0 Å². The molecule has 0 bridgehead atoms. The second-order valence-electron chi connectivity index (χ2n) is 9.70. The molecule has 1 heterocycles. The molecule has 1 amide bonds. The van der Waals surface area contributed by atoms with E-state index < -0.39 is 20.0 Å². The lowest BCUT2D eigenvalue weighted by Gasteiger charge is -2.30. The monoisotopic (exact) mass is 597 g/mol. The van der Waals surface area contributed by atoms with E-state index in [1.54, 1.807) is 48.5 Å². The van der Waals surface area contributed by atoms with Gasteiger partial charge in [0.05, 0.1) is 16.3 Å². The molecular formula is C29H28ClN3O5S2. The first kappa shape index (κ1) is 28.1. The van der Waals surface area contributed by atoms with Gasteiger partial charge in [0, 0.05) is 35.1 Å². The van der Waals surface area contributed by atoms with Crippen LogP contribution in [0.3, 0.4) is 0 Å². The van der Waals surface area contributed by atoms with Crippen molar-refractivity contribution in [3.05, 3.63) is 102 Å². The van der Waals surface area contributed by atoms with Gasteiger partial charge in [0.15, 0.2) is 0 Å². The number of halogens is 1. The van der Waals surface area contributed by atoms with Crippen molar-refractivity contribution in [2.24, 2.45) is 5.92 Å². The topological polar surface area (TPSA) is 113 Å². The van der Waals surface area contributed by atoms with E-state index in [9.17, 15) is 21.6 Å². The zero-order valence-corrected chi connectivity index (χ0v) is 23.8. The third-order valence-corrected chi connectivity index (χ3v) is 10.4. The van der Waals surface area contributed by atoms with E-state index in [0.29, 0.717) is 34.8 Å². The summed E-state index contributed by atoms with van der Waals surface area (Å²) >= 11 is 5.88. The Morgan fingerprint density at radius 2 is 1.48 bits per heavy atom. The van der Waals surface area contributed by atoms with Gasteiger partial charge >= 0.3 is 0 Å². The van der Waals surface area contributed by atoms with E-state index in [2.05, 4.69) is 10.0 Å².